The Morgan fingerprint density at radius 1 is 0.540 bits per heavy atom. The zero-order valence-electron chi connectivity index (χ0n) is 40.2. The minimum atomic E-state index is -0.186. The van der Waals surface area contributed by atoms with Crippen LogP contribution in [0.15, 0.2) is 84.9 Å². The summed E-state index contributed by atoms with van der Waals surface area (Å²) in [5, 5.41) is 1.43. The molecule has 5 aromatic carbocycles. The first-order valence-corrected chi connectivity index (χ1v) is 24.7. The molecule has 4 aliphatic heterocycles. The summed E-state index contributed by atoms with van der Waals surface area (Å²) in [6, 6.07) is 34.9. The van der Waals surface area contributed by atoms with E-state index < -0.39 is 0 Å². The minimum Gasteiger partial charge on any atom is -0.335 e. The van der Waals surface area contributed by atoms with Crippen LogP contribution >= 0.6 is 0 Å². The number of benzene rings is 5. The van der Waals surface area contributed by atoms with Crippen LogP contribution in [0, 0.1) is 0 Å². The molecular weight excluding hydrogens is 761 g/mol. The number of rotatable bonds is 1. The largest absolute Gasteiger partial charge is 0.335 e. The minimum absolute atomic E-state index is 0.0165. The van der Waals surface area contributed by atoms with E-state index >= 15 is 0 Å². The number of para-hydroxylation sites is 1. The Kier molecular flexibility index (Phi) is 7.11. The lowest BCUT2D eigenvalue weighted by Gasteiger charge is -2.53. The van der Waals surface area contributed by atoms with Crippen molar-refractivity contribution in [2.75, 3.05) is 9.80 Å². The van der Waals surface area contributed by atoms with Gasteiger partial charge in [0.15, 0.2) is 0 Å². The quantitative estimate of drug-likeness (QED) is 0.153. The Morgan fingerprint density at radius 3 is 1.81 bits per heavy atom. The third-order valence-electron chi connectivity index (χ3n) is 19.3. The Balaban J connectivity index is 1.23. The van der Waals surface area contributed by atoms with E-state index in [-0.39, 0.29) is 44.9 Å². The van der Waals surface area contributed by atoms with Gasteiger partial charge in [-0.15, -0.1) is 0 Å². The molecular formula is C59H66BN3. The number of anilines is 4. The Labute approximate surface area is 377 Å². The maximum absolute atomic E-state index is 2.98. The number of nitrogens with zero attached hydrogens (tertiary/aromatic N) is 3. The van der Waals surface area contributed by atoms with Crippen LogP contribution in [0.3, 0.4) is 0 Å². The maximum atomic E-state index is 2.98. The predicted molar refractivity (Wildman–Crippen MR) is 269 cm³/mol. The highest BCUT2D eigenvalue weighted by molar-refractivity contribution is 7.00. The fourth-order valence-electron chi connectivity index (χ4n) is 15.5. The molecule has 3 nitrogen and oxygen atoms in total. The summed E-state index contributed by atoms with van der Waals surface area (Å²) in [5.41, 5.74) is 24.8. The van der Waals surface area contributed by atoms with E-state index in [0.29, 0.717) is 0 Å². The molecule has 4 atom stereocenters. The van der Waals surface area contributed by atoms with Gasteiger partial charge in [0, 0.05) is 66.8 Å². The van der Waals surface area contributed by atoms with Crippen molar-refractivity contribution in [1.29, 1.82) is 0 Å². The second kappa shape index (κ2) is 11.6. The van der Waals surface area contributed by atoms with Crippen molar-refractivity contribution in [3.05, 3.63) is 118 Å². The van der Waals surface area contributed by atoms with Gasteiger partial charge in [-0.05, 0) is 124 Å². The molecule has 4 heteroatoms. The van der Waals surface area contributed by atoms with Crippen molar-refractivity contribution >= 4 is 56.8 Å². The van der Waals surface area contributed by atoms with Crippen molar-refractivity contribution in [3.8, 4) is 16.8 Å². The molecule has 6 aromatic rings. The average Bonchev–Trinajstić information content (AvgIpc) is 3.85. The lowest BCUT2D eigenvalue weighted by Crippen LogP contribution is -2.64. The number of fused-ring (bicyclic) bond motifs is 15. The third kappa shape index (κ3) is 4.33. The Bertz CT molecular complexity index is 3060. The normalized spacial score (nSPS) is 27.8. The monoisotopic (exact) mass is 828 g/mol. The Morgan fingerprint density at radius 2 is 1.11 bits per heavy atom. The molecule has 2 saturated carbocycles. The molecule has 5 heterocycles. The average molecular weight is 828 g/mol. The maximum Gasteiger partial charge on any atom is 0.252 e. The van der Waals surface area contributed by atoms with Gasteiger partial charge < -0.3 is 14.4 Å². The predicted octanol–water partition coefficient (Wildman–Crippen LogP) is 13.2. The fourth-order valence-corrected chi connectivity index (χ4v) is 15.5. The molecule has 13 rings (SSSR count). The van der Waals surface area contributed by atoms with E-state index in [9.17, 15) is 0 Å². The Hall–Kier alpha value is -4.70. The van der Waals surface area contributed by atoms with E-state index in [1.165, 1.54) is 146 Å². The number of hydrogen-bond acceptors (Lipinski definition) is 2. The molecule has 0 N–H and O–H groups in total. The highest BCUT2D eigenvalue weighted by Gasteiger charge is 2.63. The van der Waals surface area contributed by atoms with Crippen molar-refractivity contribution in [1.82, 2.24) is 4.57 Å². The smallest absolute Gasteiger partial charge is 0.252 e. The summed E-state index contributed by atoms with van der Waals surface area (Å²) in [6.45, 7) is 30.2. The van der Waals surface area contributed by atoms with Gasteiger partial charge in [0.1, 0.15) is 0 Å². The molecule has 7 aliphatic rings. The van der Waals surface area contributed by atoms with Gasteiger partial charge in [-0.25, -0.2) is 0 Å². The van der Waals surface area contributed by atoms with Crippen molar-refractivity contribution in [2.45, 2.75) is 173 Å². The van der Waals surface area contributed by atoms with Crippen LogP contribution in [0.25, 0.3) is 27.7 Å². The van der Waals surface area contributed by atoms with Gasteiger partial charge >= 0.3 is 0 Å². The zero-order valence-corrected chi connectivity index (χ0v) is 40.2. The molecule has 0 bridgehead atoms. The molecule has 0 spiro atoms. The molecule has 0 radical (unpaired) electrons. The van der Waals surface area contributed by atoms with Crippen molar-refractivity contribution < 1.29 is 0 Å². The van der Waals surface area contributed by atoms with E-state index in [2.05, 4.69) is 182 Å². The van der Waals surface area contributed by atoms with Gasteiger partial charge in [-0.3, -0.25) is 0 Å². The van der Waals surface area contributed by atoms with Crippen LogP contribution in [0.4, 0.5) is 22.7 Å². The summed E-state index contributed by atoms with van der Waals surface area (Å²) in [4.78, 5) is 5.84. The van der Waals surface area contributed by atoms with Gasteiger partial charge in [-0.2, -0.15) is 0 Å². The van der Waals surface area contributed by atoms with Gasteiger partial charge in [0.2, 0.25) is 0 Å². The van der Waals surface area contributed by atoms with Gasteiger partial charge in [-0.1, -0.05) is 156 Å². The van der Waals surface area contributed by atoms with Crippen molar-refractivity contribution in [2.24, 2.45) is 0 Å². The molecule has 63 heavy (non-hydrogen) atoms. The second-order valence-corrected chi connectivity index (χ2v) is 24.8. The summed E-state index contributed by atoms with van der Waals surface area (Å²) in [7, 11) is 0. The number of aromatic nitrogens is 1. The SMILES string of the molecule is CC(C)(C)c1cc2c3c(c1)C1(C)CCCCC1(C)N3c1cc(N3c4ccccc4C4(C)CCCCC34C)cc3c1B2c1cc(C(C)(C)C)cc2c4c(n-3c12)C(C)(C)c1ccccc1-4. The summed E-state index contributed by atoms with van der Waals surface area (Å²) in [5.74, 6) is 0. The third-order valence-corrected chi connectivity index (χ3v) is 19.3. The summed E-state index contributed by atoms with van der Waals surface area (Å²) >= 11 is 0. The molecule has 3 aliphatic carbocycles. The summed E-state index contributed by atoms with van der Waals surface area (Å²) in [6.07, 6.45) is 9.98. The molecule has 320 valence electrons. The first kappa shape index (κ1) is 38.7. The molecule has 0 saturated heterocycles. The van der Waals surface area contributed by atoms with Gasteiger partial charge in [0.25, 0.3) is 6.71 Å². The first-order valence-electron chi connectivity index (χ1n) is 24.7. The van der Waals surface area contributed by atoms with E-state index in [0.717, 1.165) is 0 Å². The van der Waals surface area contributed by atoms with Crippen LogP contribution in [-0.4, -0.2) is 22.4 Å². The van der Waals surface area contributed by atoms with Crippen LogP contribution in [0.2, 0.25) is 0 Å². The van der Waals surface area contributed by atoms with Gasteiger partial charge in [0.05, 0.1) is 11.1 Å². The van der Waals surface area contributed by atoms with Crippen molar-refractivity contribution in [3.63, 3.8) is 0 Å². The van der Waals surface area contributed by atoms with Crippen LogP contribution in [0.1, 0.15) is 168 Å². The lowest BCUT2D eigenvalue weighted by molar-refractivity contribution is 0.194. The van der Waals surface area contributed by atoms with Crippen LogP contribution in [0.5, 0.6) is 0 Å². The molecule has 0 amide bonds. The standard InChI is InChI=1S/C59H66BN3/c1-53(2,3)35-29-39-48-38-21-13-14-22-40(38)55(7,8)52(48)61-46-33-37(62-45-24-16-15-23-41(45)56(9)25-17-19-27-58(56,62)11)34-47-49(46)60(43(31-35)50(39)61)44-32-36(54(4,5)6)30-42-51(44)63(47)59(12)28-20-18-26-57(42,59)10/h13-16,21-24,29-34H,17-20,25-28H2,1-12H3. The fraction of sp³-hybridized carbons (Fsp3) is 0.458. The number of hydrogen-bond donors (Lipinski definition) is 0. The molecule has 1 aromatic heterocycles. The van der Waals surface area contributed by atoms with E-state index in [1.807, 2.05) is 0 Å². The van der Waals surface area contributed by atoms with E-state index in [4.69, 9.17) is 0 Å². The molecule has 2 fully saturated rings. The second-order valence-electron chi connectivity index (χ2n) is 24.8. The zero-order chi connectivity index (χ0) is 43.8. The first-order chi connectivity index (χ1) is 29.8. The highest BCUT2D eigenvalue weighted by Crippen LogP contribution is 2.65. The van der Waals surface area contributed by atoms with Crippen LogP contribution in [-0.2, 0) is 27.1 Å². The van der Waals surface area contributed by atoms with E-state index in [1.54, 1.807) is 5.56 Å². The lowest BCUT2D eigenvalue weighted by atomic mass is 9.33. The highest BCUT2D eigenvalue weighted by atomic mass is 15.3. The molecule has 4 unspecified atom stereocenters. The summed E-state index contributed by atoms with van der Waals surface area (Å²) < 4.78 is 2.84. The van der Waals surface area contributed by atoms with Crippen LogP contribution < -0.4 is 26.2 Å². The topological polar surface area (TPSA) is 11.4 Å².